The van der Waals surface area contributed by atoms with E-state index in [9.17, 15) is 0 Å². The van der Waals surface area contributed by atoms with Crippen molar-refractivity contribution in [2.24, 2.45) is 4.99 Å². The van der Waals surface area contributed by atoms with Gasteiger partial charge in [0.2, 0.25) is 0 Å². The summed E-state index contributed by atoms with van der Waals surface area (Å²) in [6.45, 7) is 6.09. The van der Waals surface area contributed by atoms with Crippen LogP contribution in [0.2, 0.25) is 0 Å². The second-order valence-electron chi connectivity index (χ2n) is 4.38. The summed E-state index contributed by atoms with van der Waals surface area (Å²) in [6.07, 6.45) is 0. The van der Waals surface area contributed by atoms with E-state index in [1.165, 1.54) is 0 Å². The van der Waals surface area contributed by atoms with Crippen LogP contribution in [0.4, 0.5) is 5.69 Å². The van der Waals surface area contributed by atoms with Crippen molar-refractivity contribution in [3.05, 3.63) is 53.2 Å². The molecule has 3 heteroatoms. The quantitative estimate of drug-likeness (QED) is 0.597. The predicted octanol–water partition coefficient (Wildman–Crippen LogP) is 3.34. The van der Waals surface area contributed by atoms with E-state index < -0.39 is 0 Å². The van der Waals surface area contributed by atoms with Crippen molar-refractivity contribution in [1.82, 2.24) is 4.98 Å². The zero-order valence-corrected chi connectivity index (χ0v) is 12.1. The molecule has 1 heterocycles. The van der Waals surface area contributed by atoms with Gasteiger partial charge in [-0.25, -0.2) is 0 Å². The normalized spacial score (nSPS) is 11.7. The Balaban J connectivity index is 2.45. The molecule has 0 amide bonds. The van der Waals surface area contributed by atoms with Gasteiger partial charge in [0, 0.05) is 11.4 Å². The maximum absolute atomic E-state index is 4.70. The smallest absolute Gasteiger partial charge is 0.0917 e. The number of hydrogen-bond donors (Lipinski definition) is 0. The first-order valence-corrected chi connectivity index (χ1v) is 6.50. The summed E-state index contributed by atoms with van der Waals surface area (Å²) in [6, 6.07) is 12.3. The summed E-state index contributed by atoms with van der Waals surface area (Å²) < 4.78 is 0. The Morgan fingerprint density at radius 2 is 1.83 bits per heavy atom. The lowest BCUT2D eigenvalue weighted by Gasteiger charge is -2.07. The first-order valence-electron chi connectivity index (χ1n) is 5.92. The summed E-state index contributed by atoms with van der Waals surface area (Å²) in [7, 11) is 2.66. The average Bonchev–Trinajstić information content (AvgIpc) is 2.34. The van der Waals surface area contributed by atoms with Gasteiger partial charge in [-0.05, 0) is 38.0 Å². The Morgan fingerprint density at radius 3 is 2.44 bits per heavy atom. The lowest BCUT2D eigenvalue weighted by atomic mass is 10.1. The van der Waals surface area contributed by atoms with Gasteiger partial charge >= 0.3 is 0 Å². The Bertz CT molecular complexity index is 566. The van der Waals surface area contributed by atoms with Crippen LogP contribution in [0.5, 0.6) is 0 Å². The number of aliphatic imine (C=N–C) groups is 1. The monoisotopic (exact) mass is 256 g/mol. The molecule has 0 bridgehead atoms. The summed E-state index contributed by atoms with van der Waals surface area (Å²) in [5, 5.41) is 0. The fourth-order valence-electron chi connectivity index (χ4n) is 1.92. The van der Waals surface area contributed by atoms with Gasteiger partial charge in [-0.15, -0.1) is 0 Å². The molecule has 0 saturated carbocycles. The lowest BCUT2D eigenvalue weighted by Crippen LogP contribution is -2.04. The van der Waals surface area contributed by atoms with Crippen LogP contribution in [0.25, 0.3) is 0 Å². The summed E-state index contributed by atoms with van der Waals surface area (Å²) in [5.74, 6) is 0. The SMILES string of the molecule is CC(=Nc1c(C)cc(C)nc1P)c1ccccc1. The molecule has 92 valence electrons. The predicted molar refractivity (Wildman–Crippen MR) is 81.4 cm³/mol. The molecule has 0 spiro atoms. The molecule has 0 aliphatic rings. The van der Waals surface area contributed by atoms with Gasteiger partial charge in [-0.2, -0.15) is 0 Å². The van der Waals surface area contributed by atoms with Crippen LogP contribution in [-0.2, 0) is 0 Å². The van der Waals surface area contributed by atoms with Gasteiger partial charge in [-0.1, -0.05) is 39.6 Å². The highest BCUT2D eigenvalue weighted by Crippen LogP contribution is 2.19. The molecule has 0 aliphatic carbocycles. The zero-order chi connectivity index (χ0) is 13.1. The van der Waals surface area contributed by atoms with Crippen LogP contribution >= 0.6 is 9.24 Å². The van der Waals surface area contributed by atoms with Crippen molar-refractivity contribution in [1.29, 1.82) is 0 Å². The molecular formula is C15H17N2P. The number of pyridine rings is 1. The van der Waals surface area contributed by atoms with Crippen molar-refractivity contribution >= 4 is 26.1 Å². The van der Waals surface area contributed by atoms with Crippen LogP contribution in [-0.4, -0.2) is 10.7 Å². The minimum absolute atomic E-state index is 0.905. The van der Waals surface area contributed by atoms with Crippen LogP contribution < -0.4 is 5.44 Å². The highest BCUT2D eigenvalue weighted by molar-refractivity contribution is 7.27. The number of rotatable bonds is 2. The van der Waals surface area contributed by atoms with Crippen molar-refractivity contribution in [2.45, 2.75) is 20.8 Å². The van der Waals surface area contributed by atoms with E-state index in [2.05, 4.69) is 39.3 Å². The molecule has 0 fully saturated rings. The molecule has 2 nitrogen and oxygen atoms in total. The first kappa shape index (κ1) is 12.9. The molecule has 18 heavy (non-hydrogen) atoms. The van der Waals surface area contributed by atoms with E-state index in [0.29, 0.717) is 0 Å². The molecular weight excluding hydrogens is 239 g/mol. The number of benzene rings is 1. The second-order valence-corrected chi connectivity index (χ2v) is 4.92. The molecule has 0 saturated heterocycles. The summed E-state index contributed by atoms with van der Waals surface area (Å²) in [5.41, 5.74) is 6.18. The van der Waals surface area contributed by atoms with E-state index >= 15 is 0 Å². The molecule has 1 unspecified atom stereocenters. The lowest BCUT2D eigenvalue weighted by molar-refractivity contribution is 1.20. The second kappa shape index (κ2) is 5.41. The van der Waals surface area contributed by atoms with Crippen molar-refractivity contribution in [3.8, 4) is 0 Å². The number of aromatic nitrogens is 1. The van der Waals surface area contributed by atoms with Crippen molar-refractivity contribution in [2.75, 3.05) is 0 Å². The number of nitrogens with zero attached hydrogens (tertiary/aromatic N) is 2. The van der Waals surface area contributed by atoms with E-state index in [0.717, 1.165) is 33.7 Å². The van der Waals surface area contributed by atoms with E-state index in [1.54, 1.807) is 0 Å². The van der Waals surface area contributed by atoms with Crippen LogP contribution in [0, 0.1) is 13.8 Å². The minimum Gasteiger partial charge on any atom is -0.252 e. The van der Waals surface area contributed by atoms with Gasteiger partial charge in [-0.3, -0.25) is 9.98 Å². The fraction of sp³-hybridized carbons (Fsp3) is 0.200. The van der Waals surface area contributed by atoms with Gasteiger partial charge in [0.1, 0.15) is 0 Å². The third-order valence-electron chi connectivity index (χ3n) is 2.81. The number of aryl methyl sites for hydroxylation is 2. The Morgan fingerprint density at radius 1 is 1.17 bits per heavy atom. The maximum atomic E-state index is 4.70. The Kier molecular flexibility index (Phi) is 3.88. The standard InChI is InChI=1S/C15H17N2P/c1-10-9-11(2)16-15(18)14(10)17-12(3)13-7-5-4-6-8-13/h4-9H,18H2,1-3H3. The third-order valence-corrected chi connectivity index (χ3v) is 3.21. The Labute approximate surface area is 110 Å². The highest BCUT2D eigenvalue weighted by Gasteiger charge is 2.05. The molecule has 2 rings (SSSR count). The molecule has 2 aromatic rings. The van der Waals surface area contributed by atoms with Crippen LogP contribution in [0.3, 0.4) is 0 Å². The molecule has 1 atom stereocenters. The average molecular weight is 256 g/mol. The Hall–Kier alpha value is -1.53. The molecule has 0 N–H and O–H groups in total. The van der Waals surface area contributed by atoms with Gasteiger partial charge in [0.05, 0.1) is 11.1 Å². The number of hydrogen-bond acceptors (Lipinski definition) is 2. The molecule has 0 radical (unpaired) electrons. The van der Waals surface area contributed by atoms with Gasteiger partial charge in [0.25, 0.3) is 0 Å². The van der Waals surface area contributed by atoms with Crippen LogP contribution in [0.1, 0.15) is 23.7 Å². The van der Waals surface area contributed by atoms with E-state index in [1.807, 2.05) is 32.0 Å². The van der Waals surface area contributed by atoms with E-state index in [-0.39, 0.29) is 0 Å². The first-order chi connectivity index (χ1) is 8.58. The third kappa shape index (κ3) is 2.83. The van der Waals surface area contributed by atoms with Crippen molar-refractivity contribution in [3.63, 3.8) is 0 Å². The molecule has 0 aliphatic heterocycles. The summed E-state index contributed by atoms with van der Waals surface area (Å²) in [4.78, 5) is 9.14. The summed E-state index contributed by atoms with van der Waals surface area (Å²) >= 11 is 0. The topological polar surface area (TPSA) is 25.2 Å². The fourth-order valence-corrected chi connectivity index (χ4v) is 2.41. The zero-order valence-electron chi connectivity index (χ0n) is 10.9. The largest absolute Gasteiger partial charge is 0.252 e. The molecule has 1 aromatic carbocycles. The maximum Gasteiger partial charge on any atom is 0.0917 e. The van der Waals surface area contributed by atoms with Gasteiger partial charge < -0.3 is 0 Å². The minimum atomic E-state index is 0.905. The van der Waals surface area contributed by atoms with Crippen LogP contribution in [0.15, 0.2) is 41.4 Å². The van der Waals surface area contributed by atoms with Gasteiger partial charge in [0.15, 0.2) is 0 Å². The van der Waals surface area contributed by atoms with Crippen molar-refractivity contribution < 1.29 is 0 Å². The molecule has 1 aromatic heterocycles. The van der Waals surface area contributed by atoms with E-state index in [4.69, 9.17) is 4.99 Å². The highest BCUT2D eigenvalue weighted by atomic mass is 31.0.